The summed E-state index contributed by atoms with van der Waals surface area (Å²) >= 11 is 1.39. The molecular weight excluding hydrogens is 405 g/mol. The van der Waals surface area contributed by atoms with E-state index in [0.717, 1.165) is 23.3 Å². The molecule has 0 unspecified atom stereocenters. The maximum atomic E-state index is 14.3. The van der Waals surface area contributed by atoms with E-state index in [1.165, 1.54) is 23.5 Å². The standard InChI is InChI=1S/C22H24FN3O3S/c1-3-25(4-2)9-10-26(21(27)15-7-5-6-8-16(15)23)22-24-17-13-18-19(14-20(17)30-22)29-12-11-28-18/h5-8,13-14H,3-4,9-12H2,1-2H3. The van der Waals surface area contributed by atoms with Gasteiger partial charge in [-0.05, 0) is 25.2 Å². The van der Waals surface area contributed by atoms with Crippen LogP contribution in [0.15, 0.2) is 36.4 Å². The summed E-state index contributed by atoms with van der Waals surface area (Å²) in [5, 5.41) is 0.535. The SMILES string of the molecule is CCN(CC)CCN(C(=O)c1ccccc1F)c1nc2cc3c(cc2s1)OCCO3. The average Bonchev–Trinajstić information content (AvgIpc) is 3.17. The number of thiazole rings is 1. The van der Waals surface area contributed by atoms with Crippen LogP contribution in [0.2, 0.25) is 0 Å². The molecule has 30 heavy (non-hydrogen) atoms. The number of carbonyl (C=O) groups is 1. The van der Waals surface area contributed by atoms with Crippen LogP contribution in [0.5, 0.6) is 11.5 Å². The lowest BCUT2D eigenvalue weighted by Crippen LogP contribution is -2.39. The number of hydrogen-bond donors (Lipinski definition) is 0. The first kappa shape index (κ1) is 20.6. The first-order chi connectivity index (χ1) is 14.6. The van der Waals surface area contributed by atoms with E-state index in [4.69, 9.17) is 9.47 Å². The smallest absolute Gasteiger partial charge is 0.263 e. The number of rotatable bonds is 7. The van der Waals surface area contributed by atoms with Gasteiger partial charge in [0.2, 0.25) is 0 Å². The predicted molar refractivity (Wildman–Crippen MR) is 116 cm³/mol. The predicted octanol–water partition coefficient (Wildman–Crippen LogP) is 4.20. The van der Waals surface area contributed by atoms with Gasteiger partial charge < -0.3 is 14.4 Å². The number of ether oxygens (including phenoxy) is 2. The quantitative estimate of drug-likeness (QED) is 0.564. The molecule has 0 bridgehead atoms. The average molecular weight is 430 g/mol. The van der Waals surface area contributed by atoms with Gasteiger partial charge in [-0.2, -0.15) is 0 Å². The van der Waals surface area contributed by atoms with E-state index >= 15 is 0 Å². The van der Waals surface area contributed by atoms with Gasteiger partial charge in [0.1, 0.15) is 19.0 Å². The van der Waals surface area contributed by atoms with Gasteiger partial charge in [-0.25, -0.2) is 9.37 Å². The number of halogens is 1. The molecule has 0 aliphatic carbocycles. The van der Waals surface area contributed by atoms with E-state index in [-0.39, 0.29) is 5.56 Å². The maximum absolute atomic E-state index is 14.3. The summed E-state index contributed by atoms with van der Waals surface area (Å²) in [6.07, 6.45) is 0. The minimum atomic E-state index is -0.534. The van der Waals surface area contributed by atoms with Crippen molar-refractivity contribution >= 4 is 32.6 Å². The van der Waals surface area contributed by atoms with Gasteiger partial charge in [-0.15, -0.1) is 0 Å². The van der Waals surface area contributed by atoms with E-state index in [1.54, 1.807) is 17.0 Å². The number of carbonyl (C=O) groups excluding carboxylic acids is 1. The normalized spacial score (nSPS) is 13.1. The van der Waals surface area contributed by atoms with Gasteiger partial charge in [0.15, 0.2) is 16.6 Å². The maximum Gasteiger partial charge on any atom is 0.263 e. The summed E-state index contributed by atoms with van der Waals surface area (Å²) in [5.41, 5.74) is 0.774. The minimum absolute atomic E-state index is 0.0438. The molecule has 1 amide bonds. The topological polar surface area (TPSA) is 54.9 Å². The Morgan fingerprint density at radius 2 is 1.80 bits per heavy atom. The molecule has 0 atom stereocenters. The Labute approximate surface area is 178 Å². The zero-order chi connectivity index (χ0) is 21.1. The van der Waals surface area contributed by atoms with Crippen LogP contribution in [0.3, 0.4) is 0 Å². The van der Waals surface area contributed by atoms with Crippen molar-refractivity contribution in [3.63, 3.8) is 0 Å². The lowest BCUT2D eigenvalue weighted by Gasteiger charge is -2.24. The molecule has 0 spiro atoms. The molecule has 0 N–H and O–H groups in total. The third-order valence-corrected chi connectivity index (χ3v) is 6.20. The molecular formula is C22H24FN3O3S. The molecule has 158 valence electrons. The minimum Gasteiger partial charge on any atom is -0.486 e. The van der Waals surface area contributed by atoms with Crippen molar-refractivity contribution < 1.29 is 18.7 Å². The number of fused-ring (bicyclic) bond motifs is 2. The lowest BCUT2D eigenvalue weighted by atomic mass is 10.2. The van der Waals surface area contributed by atoms with E-state index in [2.05, 4.69) is 23.7 Å². The van der Waals surface area contributed by atoms with Crippen molar-refractivity contribution in [3.05, 3.63) is 47.8 Å². The Morgan fingerprint density at radius 1 is 1.10 bits per heavy atom. The summed E-state index contributed by atoms with van der Waals surface area (Å²) in [4.78, 5) is 21.7. The van der Waals surface area contributed by atoms with E-state index in [1.807, 2.05) is 12.1 Å². The van der Waals surface area contributed by atoms with Crippen molar-refractivity contribution in [2.75, 3.05) is 44.3 Å². The summed E-state index contributed by atoms with van der Waals surface area (Å²) in [6, 6.07) is 9.78. The van der Waals surface area contributed by atoms with Crippen LogP contribution in [0.4, 0.5) is 9.52 Å². The zero-order valence-corrected chi connectivity index (χ0v) is 17.9. The second kappa shape index (κ2) is 8.97. The number of anilines is 1. The molecule has 0 saturated carbocycles. The third-order valence-electron chi connectivity index (χ3n) is 5.16. The molecule has 3 aromatic rings. The van der Waals surface area contributed by atoms with E-state index in [0.29, 0.717) is 42.9 Å². The van der Waals surface area contributed by atoms with Crippen molar-refractivity contribution in [2.45, 2.75) is 13.8 Å². The highest BCUT2D eigenvalue weighted by Crippen LogP contribution is 2.39. The largest absolute Gasteiger partial charge is 0.486 e. The number of hydrogen-bond acceptors (Lipinski definition) is 6. The summed E-state index contributed by atoms with van der Waals surface area (Å²) in [7, 11) is 0. The highest BCUT2D eigenvalue weighted by atomic mass is 32.1. The third kappa shape index (κ3) is 4.11. The van der Waals surface area contributed by atoms with Gasteiger partial charge >= 0.3 is 0 Å². The van der Waals surface area contributed by atoms with Gasteiger partial charge in [-0.1, -0.05) is 37.3 Å². The highest BCUT2D eigenvalue weighted by molar-refractivity contribution is 7.22. The molecule has 0 saturated heterocycles. The van der Waals surface area contributed by atoms with E-state index in [9.17, 15) is 9.18 Å². The van der Waals surface area contributed by atoms with Crippen LogP contribution in [-0.2, 0) is 0 Å². The molecule has 2 aromatic carbocycles. The molecule has 4 rings (SSSR count). The second-order valence-corrected chi connectivity index (χ2v) is 7.93. The van der Waals surface area contributed by atoms with Crippen LogP contribution in [0.1, 0.15) is 24.2 Å². The summed E-state index contributed by atoms with van der Waals surface area (Å²) in [6.45, 7) is 8.00. The first-order valence-electron chi connectivity index (χ1n) is 10.1. The first-order valence-corrected chi connectivity index (χ1v) is 10.9. The van der Waals surface area contributed by atoms with Crippen LogP contribution in [-0.4, -0.2) is 55.2 Å². The Balaban J connectivity index is 1.71. The zero-order valence-electron chi connectivity index (χ0n) is 17.1. The second-order valence-electron chi connectivity index (χ2n) is 6.92. The number of benzene rings is 2. The Hall–Kier alpha value is -2.71. The fourth-order valence-corrected chi connectivity index (χ4v) is 4.41. The molecule has 0 radical (unpaired) electrons. The number of aromatic nitrogens is 1. The monoisotopic (exact) mass is 429 g/mol. The van der Waals surface area contributed by atoms with Crippen LogP contribution in [0.25, 0.3) is 10.2 Å². The van der Waals surface area contributed by atoms with Crippen molar-refractivity contribution in [1.82, 2.24) is 9.88 Å². The van der Waals surface area contributed by atoms with Gasteiger partial charge in [0.05, 0.1) is 15.8 Å². The number of amides is 1. The number of nitrogens with zero attached hydrogens (tertiary/aromatic N) is 3. The molecule has 2 heterocycles. The fraction of sp³-hybridized carbons (Fsp3) is 0.364. The summed E-state index contributed by atoms with van der Waals surface area (Å²) < 4.78 is 26.5. The number of likely N-dealkylation sites (N-methyl/N-ethyl adjacent to an activating group) is 1. The van der Waals surface area contributed by atoms with Crippen LogP contribution >= 0.6 is 11.3 Å². The lowest BCUT2D eigenvalue weighted by molar-refractivity contribution is 0.0980. The van der Waals surface area contributed by atoms with Crippen LogP contribution in [0, 0.1) is 5.82 Å². The van der Waals surface area contributed by atoms with Gasteiger partial charge in [-0.3, -0.25) is 9.69 Å². The molecule has 1 aliphatic heterocycles. The van der Waals surface area contributed by atoms with Gasteiger partial charge in [0, 0.05) is 25.2 Å². The van der Waals surface area contributed by atoms with Crippen molar-refractivity contribution in [3.8, 4) is 11.5 Å². The molecule has 1 aliphatic rings. The van der Waals surface area contributed by atoms with Crippen LogP contribution < -0.4 is 14.4 Å². The fourth-order valence-electron chi connectivity index (χ4n) is 3.41. The molecule has 6 nitrogen and oxygen atoms in total. The Morgan fingerprint density at radius 3 is 2.50 bits per heavy atom. The van der Waals surface area contributed by atoms with Crippen molar-refractivity contribution in [2.24, 2.45) is 0 Å². The van der Waals surface area contributed by atoms with Gasteiger partial charge in [0.25, 0.3) is 5.91 Å². The molecule has 8 heteroatoms. The molecule has 1 aromatic heterocycles. The van der Waals surface area contributed by atoms with E-state index < -0.39 is 11.7 Å². The molecule has 0 fully saturated rings. The van der Waals surface area contributed by atoms with Crippen molar-refractivity contribution in [1.29, 1.82) is 0 Å². The highest BCUT2D eigenvalue weighted by Gasteiger charge is 2.25. The summed E-state index contributed by atoms with van der Waals surface area (Å²) in [5.74, 6) is 0.407. The Kier molecular flexibility index (Phi) is 6.15. The Bertz CT molecular complexity index is 1010.